The van der Waals surface area contributed by atoms with Crippen LogP contribution in [0.5, 0.6) is 0 Å². The molecule has 0 saturated carbocycles. The summed E-state index contributed by atoms with van der Waals surface area (Å²) in [5.74, 6) is -0.675. The first-order valence-corrected chi connectivity index (χ1v) is 6.22. The molecule has 0 saturated heterocycles. The van der Waals surface area contributed by atoms with Gasteiger partial charge in [-0.3, -0.25) is 0 Å². The lowest BCUT2D eigenvalue weighted by Crippen LogP contribution is -2.04. The van der Waals surface area contributed by atoms with Crippen LogP contribution < -0.4 is 0 Å². The molecule has 4 heteroatoms. The summed E-state index contributed by atoms with van der Waals surface area (Å²) in [6, 6.07) is 9.75. The van der Waals surface area contributed by atoms with Crippen LogP contribution in [0.25, 0.3) is 11.3 Å². The Balaban J connectivity index is 2.27. The Morgan fingerprint density at radius 1 is 1.21 bits per heavy atom. The maximum Gasteiger partial charge on any atom is 0.373 e. The van der Waals surface area contributed by atoms with Crippen molar-refractivity contribution >= 4 is 5.97 Å². The molecule has 0 unspecified atom stereocenters. The Labute approximate surface area is 112 Å². The molecule has 0 aliphatic carbocycles. The molecule has 1 aromatic carbocycles. The molecule has 2 aromatic rings. The minimum absolute atomic E-state index is 0.177. The third-order valence-corrected chi connectivity index (χ3v) is 2.74. The van der Waals surface area contributed by atoms with Gasteiger partial charge >= 0.3 is 5.97 Å². The van der Waals surface area contributed by atoms with Gasteiger partial charge in [-0.15, -0.1) is 0 Å². The van der Waals surface area contributed by atoms with E-state index in [1.165, 1.54) is 11.8 Å². The predicted molar refractivity (Wildman–Crippen MR) is 73.0 cm³/mol. The van der Waals surface area contributed by atoms with E-state index in [0.717, 1.165) is 12.0 Å². The average Bonchev–Trinajstić information content (AvgIpc) is 2.39. The summed E-state index contributed by atoms with van der Waals surface area (Å²) >= 11 is 0. The van der Waals surface area contributed by atoms with Crippen LogP contribution >= 0.6 is 0 Å². The van der Waals surface area contributed by atoms with E-state index in [2.05, 4.69) is 35.9 Å². The first-order chi connectivity index (χ1) is 9.06. The van der Waals surface area contributed by atoms with Crippen molar-refractivity contribution in [2.75, 3.05) is 0 Å². The van der Waals surface area contributed by atoms with Gasteiger partial charge in [-0.25, -0.2) is 14.8 Å². The summed E-state index contributed by atoms with van der Waals surface area (Å²) in [4.78, 5) is 18.6. The molecule has 0 atom stereocenters. The Morgan fingerprint density at radius 3 is 2.47 bits per heavy atom. The Bertz CT molecular complexity index is 577. The maximum atomic E-state index is 10.8. The van der Waals surface area contributed by atoms with E-state index < -0.39 is 5.97 Å². The number of hydrogen-bond donors (Lipinski definition) is 1. The smallest absolute Gasteiger partial charge is 0.373 e. The summed E-state index contributed by atoms with van der Waals surface area (Å²) in [6.45, 7) is 4.36. The first-order valence-electron chi connectivity index (χ1n) is 6.22. The van der Waals surface area contributed by atoms with E-state index in [1.807, 2.05) is 12.1 Å². The summed E-state index contributed by atoms with van der Waals surface area (Å²) < 4.78 is 0. The highest BCUT2D eigenvalue weighted by Gasteiger charge is 2.08. The molecular weight excluding hydrogens is 240 g/mol. The number of carboxylic acid groups (broad SMARTS) is 1. The number of carbonyl (C=O) groups is 1. The molecule has 1 N–H and O–H groups in total. The fraction of sp³-hybridized carbons (Fsp3) is 0.267. The molecule has 1 aromatic heterocycles. The van der Waals surface area contributed by atoms with Crippen LogP contribution in [-0.4, -0.2) is 21.0 Å². The van der Waals surface area contributed by atoms with E-state index in [9.17, 15) is 4.79 Å². The summed E-state index contributed by atoms with van der Waals surface area (Å²) in [5, 5.41) is 8.87. The Kier molecular flexibility index (Phi) is 3.90. The number of benzene rings is 1. The first kappa shape index (κ1) is 13.2. The summed E-state index contributed by atoms with van der Waals surface area (Å²) in [7, 11) is 0. The fourth-order valence-electron chi connectivity index (χ4n) is 1.91. The lowest BCUT2D eigenvalue weighted by atomic mass is 10.0. The van der Waals surface area contributed by atoms with Crippen molar-refractivity contribution in [1.29, 1.82) is 0 Å². The third kappa shape index (κ3) is 3.37. The van der Waals surface area contributed by atoms with Crippen molar-refractivity contribution in [3.63, 3.8) is 0 Å². The minimum atomic E-state index is -1.11. The lowest BCUT2D eigenvalue weighted by molar-refractivity contribution is 0.0683. The van der Waals surface area contributed by atoms with Crippen LogP contribution in [0.4, 0.5) is 0 Å². The van der Waals surface area contributed by atoms with E-state index in [1.54, 1.807) is 6.07 Å². The van der Waals surface area contributed by atoms with Crippen LogP contribution in [0.2, 0.25) is 0 Å². The minimum Gasteiger partial charge on any atom is -0.475 e. The van der Waals surface area contributed by atoms with Crippen LogP contribution in [0.3, 0.4) is 0 Å². The highest BCUT2D eigenvalue weighted by atomic mass is 16.4. The molecule has 19 heavy (non-hydrogen) atoms. The van der Waals surface area contributed by atoms with E-state index in [-0.39, 0.29) is 5.82 Å². The second kappa shape index (κ2) is 5.61. The van der Waals surface area contributed by atoms with Gasteiger partial charge in [-0.05, 0) is 24.0 Å². The molecule has 0 aliphatic heterocycles. The second-order valence-electron chi connectivity index (χ2n) is 4.87. The molecule has 0 aliphatic rings. The van der Waals surface area contributed by atoms with Crippen molar-refractivity contribution in [3.8, 4) is 11.3 Å². The van der Waals surface area contributed by atoms with Gasteiger partial charge in [0.05, 0.1) is 5.69 Å². The predicted octanol–water partition coefficient (Wildman–Crippen LogP) is 3.04. The van der Waals surface area contributed by atoms with Crippen molar-refractivity contribution in [3.05, 3.63) is 47.9 Å². The molecule has 1 heterocycles. The van der Waals surface area contributed by atoms with Gasteiger partial charge in [-0.1, -0.05) is 38.1 Å². The van der Waals surface area contributed by atoms with Gasteiger partial charge in [0.1, 0.15) is 0 Å². The highest BCUT2D eigenvalue weighted by Crippen LogP contribution is 2.18. The molecule has 0 fully saturated rings. The standard InChI is InChI=1S/C15H16N2O2/c1-10(2)9-11-3-5-12(6-4-11)13-7-8-16-14(17-13)15(18)19/h3-8,10H,9H2,1-2H3,(H,18,19). The van der Waals surface area contributed by atoms with Gasteiger partial charge in [0.2, 0.25) is 5.82 Å². The molecule has 98 valence electrons. The van der Waals surface area contributed by atoms with Crippen molar-refractivity contribution in [2.24, 2.45) is 5.92 Å². The SMILES string of the molecule is CC(C)Cc1ccc(-c2ccnc(C(=O)O)n2)cc1. The molecule has 0 radical (unpaired) electrons. The van der Waals surface area contributed by atoms with Crippen LogP contribution in [0.1, 0.15) is 30.0 Å². The van der Waals surface area contributed by atoms with Gasteiger partial charge in [-0.2, -0.15) is 0 Å². The zero-order valence-electron chi connectivity index (χ0n) is 11.0. The van der Waals surface area contributed by atoms with Gasteiger partial charge in [0.15, 0.2) is 0 Å². The molecule has 2 rings (SSSR count). The van der Waals surface area contributed by atoms with Crippen molar-refractivity contribution in [1.82, 2.24) is 9.97 Å². The molecule has 0 spiro atoms. The van der Waals surface area contributed by atoms with Gasteiger partial charge in [0.25, 0.3) is 0 Å². The second-order valence-corrected chi connectivity index (χ2v) is 4.87. The topological polar surface area (TPSA) is 63.1 Å². The summed E-state index contributed by atoms with van der Waals surface area (Å²) in [6.07, 6.45) is 2.50. The van der Waals surface area contributed by atoms with E-state index >= 15 is 0 Å². The zero-order valence-corrected chi connectivity index (χ0v) is 11.0. The molecule has 0 bridgehead atoms. The lowest BCUT2D eigenvalue weighted by Gasteiger charge is -2.06. The van der Waals surface area contributed by atoms with Crippen LogP contribution in [0.15, 0.2) is 36.5 Å². The maximum absolute atomic E-state index is 10.8. The highest BCUT2D eigenvalue weighted by molar-refractivity contribution is 5.83. The number of carboxylic acids is 1. The molecule has 0 amide bonds. The molecular formula is C15H16N2O2. The fourth-order valence-corrected chi connectivity index (χ4v) is 1.91. The monoisotopic (exact) mass is 256 g/mol. The van der Waals surface area contributed by atoms with Crippen LogP contribution in [-0.2, 0) is 6.42 Å². The zero-order chi connectivity index (χ0) is 13.8. The van der Waals surface area contributed by atoms with Gasteiger partial charge < -0.3 is 5.11 Å². The van der Waals surface area contributed by atoms with Crippen LogP contribution in [0, 0.1) is 5.92 Å². The average molecular weight is 256 g/mol. The van der Waals surface area contributed by atoms with E-state index in [0.29, 0.717) is 11.6 Å². The Hall–Kier alpha value is -2.23. The molecule has 4 nitrogen and oxygen atoms in total. The largest absolute Gasteiger partial charge is 0.475 e. The number of hydrogen-bond acceptors (Lipinski definition) is 3. The van der Waals surface area contributed by atoms with Gasteiger partial charge in [0, 0.05) is 11.8 Å². The third-order valence-electron chi connectivity index (χ3n) is 2.74. The Morgan fingerprint density at radius 2 is 1.89 bits per heavy atom. The summed E-state index contributed by atoms with van der Waals surface area (Å²) in [5.41, 5.74) is 2.80. The number of aromatic carboxylic acids is 1. The number of aromatic nitrogens is 2. The normalized spacial score (nSPS) is 10.7. The quantitative estimate of drug-likeness (QED) is 0.913. The number of rotatable bonds is 4. The van der Waals surface area contributed by atoms with Crippen molar-refractivity contribution < 1.29 is 9.90 Å². The van der Waals surface area contributed by atoms with Crippen molar-refractivity contribution in [2.45, 2.75) is 20.3 Å². The van der Waals surface area contributed by atoms with E-state index in [4.69, 9.17) is 5.11 Å². The number of nitrogens with zero attached hydrogens (tertiary/aromatic N) is 2.